The van der Waals surface area contributed by atoms with Crippen LogP contribution in [0.15, 0.2) is 18.2 Å². The predicted molar refractivity (Wildman–Crippen MR) is 62.9 cm³/mol. The lowest BCUT2D eigenvalue weighted by Crippen LogP contribution is -2.22. The fraction of sp³-hybridized carbons (Fsp3) is 0.500. The van der Waals surface area contributed by atoms with E-state index < -0.39 is 0 Å². The van der Waals surface area contributed by atoms with E-state index in [9.17, 15) is 0 Å². The van der Waals surface area contributed by atoms with Gasteiger partial charge in [0.1, 0.15) is 0 Å². The second-order valence-corrected chi connectivity index (χ2v) is 4.53. The molecule has 0 aliphatic carbocycles. The Morgan fingerprint density at radius 2 is 2.19 bits per heavy atom. The highest BCUT2D eigenvalue weighted by Crippen LogP contribution is 2.35. The number of nitriles is 1. The Hall–Kier alpha value is -1.33. The molecule has 0 radical (unpaired) electrons. The van der Waals surface area contributed by atoms with Crippen molar-refractivity contribution >= 4 is 0 Å². The van der Waals surface area contributed by atoms with E-state index in [0.717, 1.165) is 19.4 Å². The van der Waals surface area contributed by atoms with Crippen molar-refractivity contribution in [3.05, 3.63) is 34.9 Å². The summed E-state index contributed by atoms with van der Waals surface area (Å²) in [6.07, 6.45) is 1.92. The molecule has 16 heavy (non-hydrogen) atoms. The first-order chi connectivity index (χ1) is 7.72. The molecule has 1 saturated heterocycles. The minimum atomic E-state index is -0.0290. The van der Waals surface area contributed by atoms with Crippen LogP contribution in [0.25, 0.3) is 0 Å². The van der Waals surface area contributed by atoms with E-state index in [2.05, 4.69) is 38.1 Å². The van der Waals surface area contributed by atoms with Gasteiger partial charge in [-0.05, 0) is 37.8 Å². The third-order valence-corrected chi connectivity index (χ3v) is 3.23. The molecule has 2 nitrogen and oxygen atoms in total. The Morgan fingerprint density at radius 1 is 1.38 bits per heavy atom. The van der Waals surface area contributed by atoms with Gasteiger partial charge in [-0.3, -0.25) is 0 Å². The van der Waals surface area contributed by atoms with Gasteiger partial charge in [-0.2, -0.15) is 5.26 Å². The maximum absolute atomic E-state index is 9.15. The van der Waals surface area contributed by atoms with E-state index in [4.69, 9.17) is 10.00 Å². The molecule has 0 saturated carbocycles. The van der Waals surface area contributed by atoms with Crippen LogP contribution in [0.4, 0.5) is 0 Å². The van der Waals surface area contributed by atoms with Gasteiger partial charge in [-0.15, -0.1) is 0 Å². The fourth-order valence-corrected chi connectivity index (χ4v) is 2.29. The van der Waals surface area contributed by atoms with Crippen LogP contribution in [-0.4, -0.2) is 6.61 Å². The minimum absolute atomic E-state index is 0.00856. The van der Waals surface area contributed by atoms with Crippen LogP contribution in [0.1, 0.15) is 35.6 Å². The molecule has 0 amide bonds. The lowest BCUT2D eigenvalue weighted by atomic mass is 9.88. The Balaban J connectivity index is 2.34. The number of nitrogens with zero attached hydrogens (tertiary/aromatic N) is 1. The third kappa shape index (κ3) is 2.10. The first-order valence-electron chi connectivity index (χ1n) is 5.80. The molecule has 0 aromatic heterocycles. The van der Waals surface area contributed by atoms with E-state index in [0.29, 0.717) is 0 Å². The van der Waals surface area contributed by atoms with Crippen molar-refractivity contribution in [1.29, 1.82) is 5.26 Å². The van der Waals surface area contributed by atoms with Crippen LogP contribution >= 0.6 is 0 Å². The van der Waals surface area contributed by atoms with Crippen molar-refractivity contribution in [2.75, 3.05) is 6.61 Å². The Morgan fingerprint density at radius 3 is 2.94 bits per heavy atom. The smallest absolute Gasteiger partial charge is 0.0985 e. The second kappa shape index (κ2) is 4.67. The molecule has 1 aromatic rings. The highest BCUT2D eigenvalue weighted by Gasteiger charge is 2.28. The minimum Gasteiger partial charge on any atom is -0.372 e. The lowest BCUT2D eigenvalue weighted by Gasteiger charge is -2.28. The van der Waals surface area contributed by atoms with Crippen molar-refractivity contribution in [1.82, 2.24) is 0 Å². The highest BCUT2D eigenvalue weighted by atomic mass is 16.5. The maximum Gasteiger partial charge on any atom is 0.0985 e. The average Bonchev–Trinajstić information content (AvgIpc) is 2.32. The summed E-state index contributed by atoms with van der Waals surface area (Å²) >= 11 is 0. The van der Waals surface area contributed by atoms with Gasteiger partial charge in [0, 0.05) is 6.61 Å². The topological polar surface area (TPSA) is 33.0 Å². The SMILES string of the molecule is Cc1ccc(C)c(C2OCCCC2C#N)c1. The van der Waals surface area contributed by atoms with E-state index in [1.807, 2.05) is 0 Å². The zero-order valence-electron chi connectivity index (χ0n) is 9.86. The van der Waals surface area contributed by atoms with Crippen LogP contribution in [0.5, 0.6) is 0 Å². The van der Waals surface area contributed by atoms with Crippen LogP contribution in [0.3, 0.4) is 0 Å². The number of benzene rings is 1. The third-order valence-electron chi connectivity index (χ3n) is 3.23. The van der Waals surface area contributed by atoms with Crippen molar-refractivity contribution in [2.45, 2.75) is 32.8 Å². The number of aryl methyl sites for hydroxylation is 2. The molecule has 1 aliphatic heterocycles. The van der Waals surface area contributed by atoms with Crippen LogP contribution in [-0.2, 0) is 4.74 Å². The molecular weight excluding hydrogens is 198 g/mol. The maximum atomic E-state index is 9.15. The van der Waals surface area contributed by atoms with Gasteiger partial charge in [0.25, 0.3) is 0 Å². The summed E-state index contributed by atoms with van der Waals surface area (Å²) in [6, 6.07) is 8.73. The van der Waals surface area contributed by atoms with Crippen molar-refractivity contribution in [3.8, 4) is 6.07 Å². The Bertz CT molecular complexity index is 419. The van der Waals surface area contributed by atoms with Crippen LogP contribution in [0, 0.1) is 31.1 Å². The van der Waals surface area contributed by atoms with Crippen LogP contribution < -0.4 is 0 Å². The van der Waals surface area contributed by atoms with E-state index in [1.165, 1.54) is 16.7 Å². The quantitative estimate of drug-likeness (QED) is 0.720. The van der Waals surface area contributed by atoms with Crippen molar-refractivity contribution in [2.24, 2.45) is 5.92 Å². The zero-order chi connectivity index (χ0) is 11.5. The summed E-state index contributed by atoms with van der Waals surface area (Å²) in [5, 5.41) is 9.15. The normalized spacial score (nSPS) is 25.1. The van der Waals surface area contributed by atoms with E-state index in [-0.39, 0.29) is 12.0 Å². The molecular formula is C14H17NO. The van der Waals surface area contributed by atoms with Gasteiger partial charge in [-0.1, -0.05) is 23.8 Å². The van der Waals surface area contributed by atoms with Gasteiger partial charge in [0.2, 0.25) is 0 Å². The van der Waals surface area contributed by atoms with Gasteiger partial charge in [-0.25, -0.2) is 0 Å². The molecule has 1 aromatic carbocycles. The number of rotatable bonds is 1. The summed E-state index contributed by atoms with van der Waals surface area (Å²) in [4.78, 5) is 0. The van der Waals surface area contributed by atoms with Gasteiger partial charge < -0.3 is 4.74 Å². The summed E-state index contributed by atoms with van der Waals surface area (Å²) in [5.74, 6) is 0.00856. The molecule has 1 heterocycles. The summed E-state index contributed by atoms with van der Waals surface area (Å²) < 4.78 is 5.78. The summed E-state index contributed by atoms with van der Waals surface area (Å²) in [5.41, 5.74) is 3.63. The Kier molecular flexibility index (Phi) is 3.26. The molecule has 2 atom stereocenters. The number of ether oxygens (including phenoxy) is 1. The molecule has 2 unspecified atom stereocenters. The molecule has 0 N–H and O–H groups in total. The monoisotopic (exact) mass is 215 g/mol. The zero-order valence-corrected chi connectivity index (χ0v) is 9.86. The predicted octanol–water partition coefficient (Wildman–Crippen LogP) is 3.29. The standard InChI is InChI=1S/C14H17NO/c1-10-5-6-11(2)13(8-10)14-12(9-15)4-3-7-16-14/h5-6,8,12,14H,3-4,7H2,1-2H3. The van der Waals surface area contributed by atoms with Gasteiger partial charge in [0.15, 0.2) is 0 Å². The fourth-order valence-electron chi connectivity index (χ4n) is 2.29. The first-order valence-corrected chi connectivity index (χ1v) is 5.80. The first kappa shape index (κ1) is 11.2. The second-order valence-electron chi connectivity index (χ2n) is 4.53. The Labute approximate surface area is 96.9 Å². The van der Waals surface area contributed by atoms with E-state index >= 15 is 0 Å². The molecule has 0 spiro atoms. The molecule has 2 heteroatoms. The lowest BCUT2D eigenvalue weighted by molar-refractivity contribution is -0.0105. The summed E-state index contributed by atoms with van der Waals surface area (Å²) in [6.45, 7) is 4.94. The van der Waals surface area contributed by atoms with Crippen molar-refractivity contribution in [3.63, 3.8) is 0 Å². The largest absolute Gasteiger partial charge is 0.372 e. The number of hydrogen-bond donors (Lipinski definition) is 0. The van der Waals surface area contributed by atoms with Gasteiger partial charge in [0.05, 0.1) is 18.1 Å². The summed E-state index contributed by atoms with van der Waals surface area (Å²) in [7, 11) is 0. The molecule has 84 valence electrons. The molecule has 1 fully saturated rings. The number of hydrogen-bond acceptors (Lipinski definition) is 2. The highest BCUT2D eigenvalue weighted by molar-refractivity contribution is 5.33. The molecule has 2 rings (SSSR count). The van der Waals surface area contributed by atoms with Crippen molar-refractivity contribution < 1.29 is 4.74 Å². The van der Waals surface area contributed by atoms with E-state index in [1.54, 1.807) is 0 Å². The van der Waals surface area contributed by atoms with Crippen LogP contribution in [0.2, 0.25) is 0 Å². The average molecular weight is 215 g/mol. The molecule has 1 aliphatic rings. The molecule has 0 bridgehead atoms. The van der Waals surface area contributed by atoms with Gasteiger partial charge >= 0.3 is 0 Å².